The minimum atomic E-state index is -0.734. The second kappa shape index (κ2) is 2.57. The Morgan fingerprint density at radius 3 is 2.73 bits per heavy atom. The number of hydrogen-bond acceptors (Lipinski definition) is 4. The molecule has 0 atom stereocenters. The van der Waals surface area contributed by atoms with E-state index in [0.29, 0.717) is 0 Å². The van der Waals surface area contributed by atoms with Crippen LogP contribution in [0, 0.1) is 0 Å². The molecule has 0 aliphatic carbocycles. The van der Waals surface area contributed by atoms with Crippen molar-refractivity contribution < 1.29 is 4.79 Å². The molecule has 54 valence electrons. The monoisotopic (exact) mass is 148 g/mol. The van der Waals surface area contributed by atoms with Crippen molar-refractivity contribution in [2.75, 3.05) is 5.73 Å². The normalized spacial score (nSPS) is 9.45. The SMILES string of the molecule is [B]c1cnc(N)c(C(N)=O)n1. The molecule has 0 aliphatic rings. The summed E-state index contributed by atoms with van der Waals surface area (Å²) in [5, 5.41) is 0. The molecule has 4 N–H and O–H groups in total. The van der Waals surface area contributed by atoms with Gasteiger partial charge in [-0.3, -0.25) is 9.78 Å². The number of rotatable bonds is 1. The van der Waals surface area contributed by atoms with E-state index in [1.807, 2.05) is 0 Å². The molecule has 5 nitrogen and oxygen atoms in total. The third-order valence-electron chi connectivity index (χ3n) is 1.05. The summed E-state index contributed by atoms with van der Waals surface area (Å²) in [7, 11) is 5.23. The summed E-state index contributed by atoms with van der Waals surface area (Å²) in [4.78, 5) is 17.7. The predicted molar refractivity (Wildman–Crippen MR) is 40.4 cm³/mol. The van der Waals surface area contributed by atoms with Gasteiger partial charge in [0.25, 0.3) is 5.91 Å². The fourth-order valence-corrected chi connectivity index (χ4v) is 0.593. The number of nitrogen functional groups attached to an aromatic ring is 1. The number of primary amides is 1. The third kappa shape index (κ3) is 1.46. The molecule has 2 radical (unpaired) electrons. The highest BCUT2D eigenvalue weighted by Gasteiger charge is 2.07. The van der Waals surface area contributed by atoms with Crippen molar-refractivity contribution in [1.29, 1.82) is 0 Å². The van der Waals surface area contributed by atoms with Crippen LogP contribution in [-0.2, 0) is 0 Å². The number of carbonyl (C=O) groups is 1. The Balaban J connectivity index is 3.23. The zero-order valence-electron chi connectivity index (χ0n) is 5.61. The molecular weight excluding hydrogens is 143 g/mol. The van der Waals surface area contributed by atoms with Crippen molar-refractivity contribution >= 4 is 25.2 Å². The molecule has 1 aromatic heterocycles. The van der Waals surface area contributed by atoms with Gasteiger partial charge in [-0.1, -0.05) is 0 Å². The number of aromatic nitrogens is 2. The molecule has 0 bridgehead atoms. The quantitative estimate of drug-likeness (QED) is 0.448. The van der Waals surface area contributed by atoms with Crippen LogP contribution in [0.5, 0.6) is 0 Å². The first-order valence-corrected chi connectivity index (χ1v) is 2.79. The number of anilines is 1. The van der Waals surface area contributed by atoms with Gasteiger partial charge < -0.3 is 11.5 Å². The lowest BCUT2D eigenvalue weighted by Gasteiger charge is -1.99. The first-order valence-electron chi connectivity index (χ1n) is 2.79. The van der Waals surface area contributed by atoms with Crippen LogP contribution in [0.2, 0.25) is 0 Å². The minimum absolute atomic E-state index is 0.00769. The van der Waals surface area contributed by atoms with Crippen LogP contribution in [-0.4, -0.2) is 23.7 Å². The Morgan fingerprint density at radius 2 is 2.27 bits per heavy atom. The van der Waals surface area contributed by atoms with E-state index in [2.05, 4.69) is 9.97 Å². The molecule has 0 fully saturated rings. The second-order valence-corrected chi connectivity index (χ2v) is 1.89. The van der Waals surface area contributed by atoms with Crippen molar-refractivity contribution in [2.45, 2.75) is 0 Å². The summed E-state index contributed by atoms with van der Waals surface area (Å²) >= 11 is 0. The van der Waals surface area contributed by atoms with Gasteiger partial charge in [0, 0.05) is 11.8 Å². The van der Waals surface area contributed by atoms with Gasteiger partial charge >= 0.3 is 0 Å². The molecule has 0 spiro atoms. The largest absolute Gasteiger partial charge is 0.382 e. The lowest BCUT2D eigenvalue weighted by molar-refractivity contribution is 0.0996. The number of nitrogens with zero attached hydrogens (tertiary/aromatic N) is 2. The Morgan fingerprint density at radius 1 is 1.64 bits per heavy atom. The summed E-state index contributed by atoms with van der Waals surface area (Å²) in [6, 6.07) is 0. The van der Waals surface area contributed by atoms with Gasteiger partial charge in [-0.05, 0) is 0 Å². The third-order valence-corrected chi connectivity index (χ3v) is 1.05. The first kappa shape index (κ1) is 7.52. The Bertz CT molecular complexity index is 301. The van der Waals surface area contributed by atoms with Crippen LogP contribution < -0.4 is 17.1 Å². The zero-order valence-corrected chi connectivity index (χ0v) is 5.61. The number of nitrogens with two attached hydrogens (primary N) is 2. The van der Waals surface area contributed by atoms with E-state index in [1.165, 1.54) is 6.20 Å². The molecule has 1 rings (SSSR count). The molecule has 1 aromatic rings. The van der Waals surface area contributed by atoms with Crippen molar-refractivity contribution in [3.8, 4) is 0 Å². The van der Waals surface area contributed by atoms with Crippen molar-refractivity contribution in [3.63, 3.8) is 0 Å². The molecule has 0 saturated heterocycles. The van der Waals surface area contributed by atoms with Gasteiger partial charge in [0.1, 0.15) is 7.85 Å². The van der Waals surface area contributed by atoms with Gasteiger partial charge in [-0.15, -0.1) is 0 Å². The van der Waals surface area contributed by atoms with E-state index < -0.39 is 5.91 Å². The predicted octanol–water partition coefficient (Wildman–Crippen LogP) is -2.05. The number of hydrogen-bond donors (Lipinski definition) is 2. The molecule has 6 heteroatoms. The van der Waals surface area contributed by atoms with Crippen molar-refractivity contribution in [1.82, 2.24) is 9.97 Å². The van der Waals surface area contributed by atoms with E-state index in [9.17, 15) is 4.79 Å². The molecule has 1 heterocycles. The van der Waals surface area contributed by atoms with Crippen LogP contribution in [0.15, 0.2) is 6.20 Å². The molecular formula is C5H5BN4O. The van der Waals surface area contributed by atoms with Crippen LogP contribution in [0.4, 0.5) is 5.82 Å². The molecule has 11 heavy (non-hydrogen) atoms. The van der Waals surface area contributed by atoms with E-state index in [-0.39, 0.29) is 17.1 Å². The Hall–Kier alpha value is -1.59. The smallest absolute Gasteiger partial charge is 0.271 e. The van der Waals surface area contributed by atoms with E-state index >= 15 is 0 Å². The molecule has 0 aromatic carbocycles. The second-order valence-electron chi connectivity index (χ2n) is 1.89. The van der Waals surface area contributed by atoms with Crippen LogP contribution in [0.3, 0.4) is 0 Å². The van der Waals surface area contributed by atoms with Crippen LogP contribution >= 0.6 is 0 Å². The molecule has 0 unspecified atom stereocenters. The fourth-order valence-electron chi connectivity index (χ4n) is 0.593. The average molecular weight is 148 g/mol. The van der Waals surface area contributed by atoms with E-state index in [1.54, 1.807) is 0 Å². The summed E-state index contributed by atoms with van der Waals surface area (Å²) in [6.45, 7) is 0. The molecule has 0 aliphatic heterocycles. The highest BCUT2D eigenvalue weighted by Crippen LogP contribution is 1.98. The lowest BCUT2D eigenvalue weighted by Crippen LogP contribution is -2.22. The number of amides is 1. The van der Waals surface area contributed by atoms with Gasteiger partial charge in [0.15, 0.2) is 11.5 Å². The topological polar surface area (TPSA) is 94.9 Å². The maximum Gasteiger partial charge on any atom is 0.271 e. The van der Waals surface area contributed by atoms with Gasteiger partial charge in [0.2, 0.25) is 0 Å². The lowest BCUT2D eigenvalue weighted by atomic mass is 10.1. The maximum atomic E-state index is 10.6. The van der Waals surface area contributed by atoms with Crippen LogP contribution in [0.25, 0.3) is 0 Å². The average Bonchev–Trinajstić information content (AvgIpc) is 1.94. The highest BCUT2D eigenvalue weighted by atomic mass is 16.1. The standard InChI is InChI=1S/C5H5BN4O/c6-2-1-9-4(7)3(10-2)5(8)11/h1H,(H2,7,9)(H2,8,11). The maximum absolute atomic E-state index is 10.6. The van der Waals surface area contributed by atoms with Crippen molar-refractivity contribution in [2.24, 2.45) is 5.73 Å². The van der Waals surface area contributed by atoms with E-state index in [0.717, 1.165) is 0 Å². The highest BCUT2D eigenvalue weighted by molar-refractivity contribution is 6.30. The summed E-state index contributed by atoms with van der Waals surface area (Å²) < 4.78 is 0. The van der Waals surface area contributed by atoms with Gasteiger partial charge in [0.05, 0.1) is 0 Å². The summed E-state index contributed by atoms with van der Waals surface area (Å²) in [6.07, 6.45) is 1.25. The molecule has 1 amide bonds. The Kier molecular flexibility index (Phi) is 1.76. The minimum Gasteiger partial charge on any atom is -0.382 e. The summed E-state index contributed by atoms with van der Waals surface area (Å²) in [5.41, 5.74) is 10.2. The Labute approximate surface area is 64.2 Å². The first-order chi connectivity index (χ1) is 5.11. The molecule has 0 saturated carbocycles. The van der Waals surface area contributed by atoms with Crippen LogP contribution in [0.1, 0.15) is 10.5 Å². The van der Waals surface area contributed by atoms with Crippen molar-refractivity contribution in [3.05, 3.63) is 11.9 Å². The number of carbonyl (C=O) groups excluding carboxylic acids is 1. The zero-order chi connectivity index (χ0) is 8.43. The fraction of sp³-hybridized carbons (Fsp3) is 0. The van der Waals surface area contributed by atoms with Gasteiger partial charge in [-0.25, -0.2) is 4.98 Å². The summed E-state index contributed by atoms with van der Waals surface area (Å²) in [5.74, 6) is -0.742. The van der Waals surface area contributed by atoms with Gasteiger partial charge in [-0.2, -0.15) is 0 Å². The van der Waals surface area contributed by atoms with E-state index in [4.69, 9.17) is 19.3 Å².